The number of ether oxygens (including phenoxy) is 1. The van der Waals surface area contributed by atoms with E-state index in [2.05, 4.69) is 45.0 Å². The first-order valence-corrected chi connectivity index (χ1v) is 10.6. The molecule has 154 valence electrons. The fraction of sp³-hybridized carbons (Fsp3) is 0.500. The van der Waals surface area contributed by atoms with Crippen molar-refractivity contribution in [2.75, 3.05) is 31.1 Å². The number of piperidine rings is 1. The molecule has 6 nitrogen and oxygen atoms in total. The summed E-state index contributed by atoms with van der Waals surface area (Å²) in [5, 5.41) is 10.5. The molecule has 8 heteroatoms. The van der Waals surface area contributed by atoms with Crippen molar-refractivity contribution in [3.8, 4) is 5.88 Å². The second-order valence-corrected chi connectivity index (χ2v) is 7.38. The topological polar surface area (TPSA) is 61.8 Å². The van der Waals surface area contributed by atoms with Crippen LogP contribution in [-0.2, 0) is 6.54 Å². The molecule has 0 aromatic carbocycles. The molecule has 0 bridgehead atoms. The molecule has 28 heavy (non-hydrogen) atoms. The van der Waals surface area contributed by atoms with E-state index < -0.39 is 0 Å². The number of hydrogen-bond acceptors (Lipinski definition) is 5. The number of pyridine rings is 1. The fourth-order valence-electron chi connectivity index (χ4n) is 3.18. The number of aliphatic imine (C=N–C) groups is 1. The summed E-state index contributed by atoms with van der Waals surface area (Å²) < 4.78 is 5.60. The van der Waals surface area contributed by atoms with Crippen LogP contribution in [0.5, 0.6) is 5.88 Å². The lowest BCUT2D eigenvalue weighted by Crippen LogP contribution is -2.48. The molecule has 0 unspecified atom stereocenters. The Morgan fingerprint density at radius 3 is 2.79 bits per heavy atom. The van der Waals surface area contributed by atoms with Gasteiger partial charge in [-0.05, 0) is 50.3 Å². The maximum Gasteiger partial charge on any atom is 0.218 e. The van der Waals surface area contributed by atoms with Gasteiger partial charge in [-0.15, -0.1) is 35.3 Å². The van der Waals surface area contributed by atoms with E-state index in [-0.39, 0.29) is 24.0 Å². The third-order valence-corrected chi connectivity index (χ3v) is 5.47. The van der Waals surface area contributed by atoms with Crippen LogP contribution < -0.4 is 20.3 Å². The molecule has 0 aliphatic carbocycles. The standard InChI is InChI=1S/C20H29N5OS.HI/c1-3-21-20(23-15-16-7-5-11-22-19(16)26-4-2)24-17-9-12-25(13-10-17)18-8-6-14-27-18;/h5-8,11,14,17H,3-4,9-10,12-13,15H2,1-2H3,(H2,21,23,24);1H. The van der Waals surface area contributed by atoms with E-state index >= 15 is 0 Å². The van der Waals surface area contributed by atoms with Gasteiger partial charge in [0.15, 0.2) is 5.96 Å². The molecule has 2 aromatic heterocycles. The summed E-state index contributed by atoms with van der Waals surface area (Å²) >= 11 is 1.82. The smallest absolute Gasteiger partial charge is 0.218 e. The van der Waals surface area contributed by atoms with Crippen molar-refractivity contribution in [1.82, 2.24) is 15.6 Å². The van der Waals surface area contributed by atoms with Gasteiger partial charge in [0.05, 0.1) is 18.2 Å². The van der Waals surface area contributed by atoms with Crippen molar-refractivity contribution in [3.63, 3.8) is 0 Å². The predicted molar refractivity (Wildman–Crippen MR) is 128 cm³/mol. The van der Waals surface area contributed by atoms with Crippen LogP contribution in [-0.4, -0.2) is 43.2 Å². The number of nitrogens with one attached hydrogen (secondary N) is 2. The average Bonchev–Trinajstić information content (AvgIpc) is 3.23. The highest BCUT2D eigenvalue weighted by atomic mass is 127. The minimum Gasteiger partial charge on any atom is -0.478 e. The summed E-state index contributed by atoms with van der Waals surface area (Å²) in [5.41, 5.74) is 1.00. The van der Waals surface area contributed by atoms with E-state index in [0.717, 1.165) is 44.0 Å². The van der Waals surface area contributed by atoms with E-state index in [4.69, 9.17) is 9.73 Å². The van der Waals surface area contributed by atoms with Gasteiger partial charge < -0.3 is 20.3 Å². The number of thiophene rings is 1. The first kappa shape index (κ1) is 22.7. The summed E-state index contributed by atoms with van der Waals surface area (Å²) in [7, 11) is 0. The van der Waals surface area contributed by atoms with Crippen LogP contribution in [0, 0.1) is 0 Å². The third kappa shape index (κ3) is 6.51. The van der Waals surface area contributed by atoms with Crippen LogP contribution in [0.25, 0.3) is 0 Å². The number of hydrogen-bond donors (Lipinski definition) is 2. The molecule has 1 saturated heterocycles. The number of aromatic nitrogens is 1. The number of anilines is 1. The van der Waals surface area contributed by atoms with Crippen molar-refractivity contribution in [2.24, 2.45) is 4.99 Å². The molecule has 1 aliphatic heterocycles. The van der Waals surface area contributed by atoms with Crippen LogP contribution >= 0.6 is 35.3 Å². The van der Waals surface area contributed by atoms with Gasteiger partial charge >= 0.3 is 0 Å². The maximum absolute atomic E-state index is 5.60. The molecule has 1 aliphatic rings. The maximum atomic E-state index is 5.60. The van der Waals surface area contributed by atoms with Gasteiger partial charge in [0, 0.05) is 37.4 Å². The van der Waals surface area contributed by atoms with Crippen LogP contribution in [0.1, 0.15) is 32.3 Å². The molecule has 0 atom stereocenters. The number of nitrogens with zero attached hydrogens (tertiary/aromatic N) is 3. The van der Waals surface area contributed by atoms with Gasteiger partial charge in [-0.1, -0.05) is 6.07 Å². The highest BCUT2D eigenvalue weighted by molar-refractivity contribution is 14.0. The Balaban J connectivity index is 0.00000280. The van der Waals surface area contributed by atoms with Gasteiger partial charge in [0.1, 0.15) is 0 Å². The Kier molecular flexibility index (Phi) is 9.83. The van der Waals surface area contributed by atoms with Crippen molar-refractivity contribution in [3.05, 3.63) is 41.4 Å². The monoisotopic (exact) mass is 515 g/mol. The minimum absolute atomic E-state index is 0. The van der Waals surface area contributed by atoms with Gasteiger partial charge in [-0.3, -0.25) is 0 Å². The van der Waals surface area contributed by atoms with Crippen LogP contribution in [0.2, 0.25) is 0 Å². The summed E-state index contributed by atoms with van der Waals surface area (Å²) in [5.74, 6) is 1.53. The molecule has 3 rings (SSSR count). The van der Waals surface area contributed by atoms with Gasteiger partial charge in [-0.25, -0.2) is 9.98 Å². The predicted octanol–water partition coefficient (Wildman–Crippen LogP) is 3.88. The normalized spacial score (nSPS) is 15.1. The molecule has 2 N–H and O–H groups in total. The summed E-state index contributed by atoms with van der Waals surface area (Å²) in [6.07, 6.45) is 3.97. The Morgan fingerprint density at radius 2 is 2.11 bits per heavy atom. The van der Waals surface area contributed by atoms with Crippen LogP contribution in [0.15, 0.2) is 40.8 Å². The molecule has 0 saturated carbocycles. The van der Waals surface area contributed by atoms with Gasteiger partial charge in [-0.2, -0.15) is 0 Å². The van der Waals surface area contributed by atoms with E-state index in [1.54, 1.807) is 6.20 Å². The Labute approximate surface area is 188 Å². The largest absolute Gasteiger partial charge is 0.478 e. The molecular formula is C20H30IN5OS. The van der Waals surface area contributed by atoms with Crippen LogP contribution in [0.3, 0.4) is 0 Å². The summed E-state index contributed by atoms with van der Waals surface area (Å²) in [4.78, 5) is 11.5. The third-order valence-electron chi connectivity index (χ3n) is 4.54. The molecule has 3 heterocycles. The zero-order valence-corrected chi connectivity index (χ0v) is 19.7. The zero-order valence-electron chi connectivity index (χ0n) is 16.6. The Hall–Kier alpha value is -1.55. The molecule has 0 spiro atoms. The Morgan fingerprint density at radius 1 is 1.29 bits per heavy atom. The summed E-state index contributed by atoms with van der Waals surface area (Å²) in [6, 6.07) is 8.71. The highest BCUT2D eigenvalue weighted by Crippen LogP contribution is 2.24. The molecule has 0 radical (unpaired) electrons. The highest BCUT2D eigenvalue weighted by Gasteiger charge is 2.20. The second-order valence-electron chi connectivity index (χ2n) is 6.45. The lowest BCUT2D eigenvalue weighted by molar-refractivity contribution is 0.323. The van der Waals surface area contributed by atoms with Crippen LogP contribution in [0.4, 0.5) is 5.00 Å². The number of rotatable bonds is 7. The van der Waals surface area contributed by atoms with Crippen molar-refractivity contribution >= 4 is 46.3 Å². The average molecular weight is 515 g/mol. The van der Waals surface area contributed by atoms with E-state index in [1.807, 2.05) is 30.4 Å². The number of halogens is 1. The molecule has 0 amide bonds. The van der Waals surface area contributed by atoms with E-state index in [1.165, 1.54) is 5.00 Å². The number of guanidine groups is 1. The van der Waals surface area contributed by atoms with E-state index in [9.17, 15) is 0 Å². The second kappa shape index (κ2) is 12.1. The first-order valence-electron chi connectivity index (χ1n) is 9.70. The summed E-state index contributed by atoms with van der Waals surface area (Å²) in [6.45, 7) is 8.21. The molecule has 1 fully saturated rings. The Bertz CT molecular complexity index is 717. The fourth-order valence-corrected chi connectivity index (χ4v) is 3.97. The van der Waals surface area contributed by atoms with Crippen molar-refractivity contribution in [1.29, 1.82) is 0 Å². The minimum atomic E-state index is 0. The first-order chi connectivity index (χ1) is 13.3. The van der Waals surface area contributed by atoms with Gasteiger partial charge in [0.25, 0.3) is 0 Å². The van der Waals surface area contributed by atoms with Crippen molar-refractivity contribution < 1.29 is 4.74 Å². The lowest BCUT2D eigenvalue weighted by atomic mass is 10.1. The lowest BCUT2D eigenvalue weighted by Gasteiger charge is -2.33. The SMILES string of the molecule is CCNC(=NCc1cccnc1OCC)NC1CCN(c2cccs2)CC1.I. The zero-order chi connectivity index (χ0) is 18.9. The molecule has 2 aromatic rings. The molecular weight excluding hydrogens is 485 g/mol. The quantitative estimate of drug-likeness (QED) is 0.333. The van der Waals surface area contributed by atoms with Gasteiger partial charge in [0.2, 0.25) is 5.88 Å². The van der Waals surface area contributed by atoms with Crippen molar-refractivity contribution in [2.45, 2.75) is 39.3 Å². The van der Waals surface area contributed by atoms with E-state index in [0.29, 0.717) is 25.1 Å².